The molecule has 2 heterocycles. The van der Waals surface area contributed by atoms with Crippen LogP contribution in [0, 0.1) is 6.92 Å². The van der Waals surface area contributed by atoms with Crippen molar-refractivity contribution in [2.45, 2.75) is 13.3 Å². The summed E-state index contributed by atoms with van der Waals surface area (Å²) in [4.78, 5) is 2.81. The third-order valence-corrected chi connectivity index (χ3v) is 5.22. The Kier molecular flexibility index (Phi) is 5.91. The summed E-state index contributed by atoms with van der Waals surface area (Å²) in [5.74, 6) is -0.217. The van der Waals surface area contributed by atoms with Crippen molar-refractivity contribution in [2.75, 3.05) is 18.8 Å². The zero-order chi connectivity index (χ0) is 16.9. The van der Waals surface area contributed by atoms with Crippen molar-refractivity contribution in [1.29, 1.82) is 0 Å². The number of thiazole rings is 1. The van der Waals surface area contributed by atoms with Crippen LogP contribution in [0.15, 0.2) is 39.5 Å². The molecule has 1 aromatic rings. The first kappa shape index (κ1) is 17.6. The number of aryl methyl sites for hydroxylation is 1. The normalized spacial score (nSPS) is 16.4. The number of hydrogen-bond acceptors (Lipinski definition) is 6. The Balaban J connectivity index is 1.86. The van der Waals surface area contributed by atoms with E-state index >= 15 is 0 Å². The van der Waals surface area contributed by atoms with Crippen LogP contribution in [0.4, 0.5) is 0 Å². The van der Waals surface area contributed by atoms with E-state index < -0.39 is 10.1 Å². The molecule has 0 spiro atoms. The molecule has 7 nitrogen and oxygen atoms in total. The minimum absolute atomic E-state index is 0.217. The molecule has 126 valence electrons. The van der Waals surface area contributed by atoms with Crippen LogP contribution < -0.4 is 4.80 Å². The summed E-state index contributed by atoms with van der Waals surface area (Å²) in [5, 5.41) is 10.3. The van der Waals surface area contributed by atoms with Crippen molar-refractivity contribution >= 4 is 27.7 Å². The summed E-state index contributed by atoms with van der Waals surface area (Å²) in [6.07, 6.45) is 7.87. The minimum atomic E-state index is -3.88. The number of nitrogens with zero attached hydrogens (tertiary/aromatic N) is 4. The highest BCUT2D eigenvalue weighted by Crippen LogP contribution is 2.06. The van der Waals surface area contributed by atoms with Crippen LogP contribution in [0.3, 0.4) is 0 Å². The van der Waals surface area contributed by atoms with Gasteiger partial charge in [-0.2, -0.15) is 13.5 Å². The molecule has 0 amide bonds. The van der Waals surface area contributed by atoms with Crippen LogP contribution in [0.1, 0.15) is 12.1 Å². The second-order valence-electron chi connectivity index (χ2n) is 5.22. The fourth-order valence-electron chi connectivity index (χ4n) is 1.94. The van der Waals surface area contributed by atoms with E-state index in [1.54, 1.807) is 17.6 Å². The number of aromatic nitrogens is 1. The molecule has 23 heavy (non-hydrogen) atoms. The van der Waals surface area contributed by atoms with E-state index in [0.717, 1.165) is 16.1 Å². The van der Waals surface area contributed by atoms with Crippen molar-refractivity contribution < 1.29 is 13.0 Å². The van der Waals surface area contributed by atoms with Gasteiger partial charge in [0.15, 0.2) is 0 Å². The van der Waals surface area contributed by atoms with E-state index in [0.29, 0.717) is 19.5 Å². The first-order valence-electron chi connectivity index (χ1n) is 7.11. The summed E-state index contributed by atoms with van der Waals surface area (Å²) in [6.45, 7) is 3.27. The summed E-state index contributed by atoms with van der Waals surface area (Å²) < 4.78 is 32.0. The maximum absolute atomic E-state index is 10.7. The summed E-state index contributed by atoms with van der Waals surface area (Å²) in [5.41, 5.74) is 2.09. The van der Waals surface area contributed by atoms with Crippen LogP contribution in [0.5, 0.6) is 0 Å². The molecule has 1 N–H and O–H groups in total. The molecule has 0 saturated carbocycles. The van der Waals surface area contributed by atoms with E-state index in [1.807, 2.05) is 47.2 Å². The summed E-state index contributed by atoms with van der Waals surface area (Å²) in [6, 6.07) is 0. The molecule has 0 saturated heterocycles. The maximum atomic E-state index is 10.7. The predicted molar refractivity (Wildman–Crippen MR) is 91.9 cm³/mol. The molecule has 0 unspecified atom stereocenters. The SMILES string of the molecule is Cc1csc(=NN=CC2=CCN(CCCS(=O)(=O)O)C=C2)n1C. The first-order chi connectivity index (χ1) is 10.8. The van der Waals surface area contributed by atoms with Crippen molar-refractivity contribution in [2.24, 2.45) is 17.3 Å². The molecule has 1 aliphatic heterocycles. The predicted octanol–water partition coefficient (Wildman–Crippen LogP) is 1.32. The Morgan fingerprint density at radius 2 is 2.26 bits per heavy atom. The zero-order valence-electron chi connectivity index (χ0n) is 13.1. The number of rotatable bonds is 6. The molecular formula is C14H20N4O3S2. The van der Waals surface area contributed by atoms with Crippen LogP contribution in [0.25, 0.3) is 0 Å². The lowest BCUT2D eigenvalue weighted by atomic mass is 10.2. The van der Waals surface area contributed by atoms with Crippen molar-refractivity contribution in [3.8, 4) is 0 Å². The Bertz CT molecular complexity index is 800. The quantitative estimate of drug-likeness (QED) is 0.473. The molecule has 9 heteroatoms. The molecule has 0 aliphatic carbocycles. The molecule has 0 aromatic carbocycles. The molecule has 0 fully saturated rings. The number of hydrogen-bond donors (Lipinski definition) is 1. The van der Waals surface area contributed by atoms with Crippen LogP contribution in [-0.2, 0) is 17.2 Å². The minimum Gasteiger partial charge on any atom is -0.374 e. The van der Waals surface area contributed by atoms with E-state index in [1.165, 1.54) is 0 Å². The fourth-order valence-corrected chi connectivity index (χ4v) is 3.26. The van der Waals surface area contributed by atoms with Crippen LogP contribution >= 0.6 is 11.3 Å². The fraction of sp³-hybridized carbons (Fsp3) is 0.429. The van der Waals surface area contributed by atoms with Gasteiger partial charge in [0.1, 0.15) is 0 Å². The van der Waals surface area contributed by atoms with Crippen LogP contribution in [-0.4, -0.2) is 47.5 Å². The van der Waals surface area contributed by atoms with E-state index in [-0.39, 0.29) is 5.75 Å². The lowest BCUT2D eigenvalue weighted by Gasteiger charge is -2.21. The monoisotopic (exact) mass is 356 g/mol. The highest BCUT2D eigenvalue weighted by molar-refractivity contribution is 7.85. The molecule has 0 radical (unpaired) electrons. The number of allylic oxidation sites excluding steroid dienone is 2. The van der Waals surface area contributed by atoms with E-state index in [9.17, 15) is 8.42 Å². The average molecular weight is 356 g/mol. The van der Waals surface area contributed by atoms with Gasteiger partial charge in [-0.15, -0.1) is 16.4 Å². The maximum Gasteiger partial charge on any atom is 0.264 e. The van der Waals surface area contributed by atoms with Gasteiger partial charge < -0.3 is 9.47 Å². The van der Waals surface area contributed by atoms with Gasteiger partial charge in [-0.1, -0.05) is 6.08 Å². The van der Waals surface area contributed by atoms with Gasteiger partial charge in [-0.05, 0) is 31.2 Å². The van der Waals surface area contributed by atoms with Gasteiger partial charge in [-0.3, -0.25) is 4.55 Å². The van der Waals surface area contributed by atoms with Gasteiger partial charge in [0.2, 0.25) is 4.80 Å². The van der Waals surface area contributed by atoms with Gasteiger partial charge in [0.05, 0.1) is 12.0 Å². The van der Waals surface area contributed by atoms with Gasteiger partial charge in [-0.25, -0.2) is 0 Å². The van der Waals surface area contributed by atoms with Crippen molar-refractivity contribution in [3.63, 3.8) is 0 Å². The highest BCUT2D eigenvalue weighted by Gasteiger charge is 2.07. The molecule has 2 rings (SSSR count). The second kappa shape index (κ2) is 7.71. The van der Waals surface area contributed by atoms with Gasteiger partial charge in [0, 0.05) is 31.2 Å². The third kappa shape index (κ3) is 5.77. The van der Waals surface area contributed by atoms with E-state index in [4.69, 9.17) is 4.55 Å². The molecular weight excluding hydrogens is 336 g/mol. The lowest BCUT2D eigenvalue weighted by Crippen LogP contribution is -2.23. The van der Waals surface area contributed by atoms with Crippen molar-refractivity contribution in [3.05, 3.63) is 39.8 Å². The van der Waals surface area contributed by atoms with Crippen LogP contribution in [0.2, 0.25) is 0 Å². The van der Waals surface area contributed by atoms with Gasteiger partial charge >= 0.3 is 0 Å². The molecule has 1 aliphatic rings. The van der Waals surface area contributed by atoms with Gasteiger partial charge in [0.25, 0.3) is 10.1 Å². The van der Waals surface area contributed by atoms with Crippen molar-refractivity contribution in [1.82, 2.24) is 9.47 Å². The smallest absolute Gasteiger partial charge is 0.264 e. The Morgan fingerprint density at radius 3 is 2.83 bits per heavy atom. The molecule has 0 atom stereocenters. The van der Waals surface area contributed by atoms with E-state index in [2.05, 4.69) is 10.2 Å². The molecule has 1 aromatic heterocycles. The molecule has 0 bridgehead atoms. The Morgan fingerprint density at radius 1 is 1.48 bits per heavy atom. The highest BCUT2D eigenvalue weighted by atomic mass is 32.2. The Labute approximate surface area is 139 Å². The standard InChI is InChI=1S/C14H20N4O3S2/c1-12-11-22-14(17(12)2)16-15-10-13-4-7-18(8-5-13)6-3-9-23(19,20)21/h4-5,7,10-11H,3,6,8-9H2,1-2H3,(H,19,20,21). The lowest BCUT2D eigenvalue weighted by molar-refractivity contribution is 0.405. The summed E-state index contributed by atoms with van der Waals surface area (Å²) in [7, 11) is -1.93. The largest absolute Gasteiger partial charge is 0.374 e. The second-order valence-corrected chi connectivity index (χ2v) is 7.63. The topological polar surface area (TPSA) is 87.3 Å². The third-order valence-electron chi connectivity index (χ3n) is 3.39. The zero-order valence-corrected chi connectivity index (χ0v) is 14.7. The summed E-state index contributed by atoms with van der Waals surface area (Å²) >= 11 is 1.54. The average Bonchev–Trinajstić information content (AvgIpc) is 2.80. The Hall–Kier alpha value is -1.71. The first-order valence-corrected chi connectivity index (χ1v) is 9.60.